The molecule has 1 saturated heterocycles. The van der Waals surface area contributed by atoms with Crippen molar-refractivity contribution in [3.63, 3.8) is 0 Å². The number of piperidine rings is 1. The van der Waals surface area contributed by atoms with Gasteiger partial charge in [0.05, 0.1) is 0 Å². The third-order valence-electron chi connectivity index (χ3n) is 4.66. The van der Waals surface area contributed by atoms with Crippen LogP contribution in [0.15, 0.2) is 48.5 Å². The zero-order chi connectivity index (χ0) is 18.5. The molecule has 1 fully saturated rings. The SMILES string of the molecule is Cc1ccc(C)c(OC2CCN(C(=O)C=Cc3cccc(F)c3)CC2)c1. The second-order valence-corrected chi connectivity index (χ2v) is 6.80. The summed E-state index contributed by atoms with van der Waals surface area (Å²) in [5.41, 5.74) is 3.00. The summed E-state index contributed by atoms with van der Waals surface area (Å²) in [5.74, 6) is 0.587. The van der Waals surface area contributed by atoms with Crippen LogP contribution in [0.25, 0.3) is 6.08 Å². The van der Waals surface area contributed by atoms with Gasteiger partial charge in [-0.1, -0.05) is 24.3 Å². The van der Waals surface area contributed by atoms with Crippen LogP contribution in [-0.2, 0) is 4.79 Å². The van der Waals surface area contributed by atoms with E-state index in [2.05, 4.69) is 25.1 Å². The van der Waals surface area contributed by atoms with Gasteiger partial charge in [0.25, 0.3) is 0 Å². The number of hydrogen-bond acceptors (Lipinski definition) is 2. The van der Waals surface area contributed by atoms with Gasteiger partial charge in [-0.15, -0.1) is 0 Å². The molecule has 1 amide bonds. The van der Waals surface area contributed by atoms with Crippen LogP contribution < -0.4 is 4.74 Å². The van der Waals surface area contributed by atoms with E-state index in [1.807, 2.05) is 11.8 Å². The van der Waals surface area contributed by atoms with Crippen molar-refractivity contribution in [3.8, 4) is 5.75 Å². The maximum atomic E-state index is 13.2. The maximum Gasteiger partial charge on any atom is 0.246 e. The summed E-state index contributed by atoms with van der Waals surface area (Å²) in [6.45, 7) is 5.44. The molecule has 1 aliphatic heterocycles. The van der Waals surface area contributed by atoms with Crippen LogP contribution in [0.2, 0.25) is 0 Å². The Morgan fingerprint density at radius 1 is 1.15 bits per heavy atom. The van der Waals surface area contributed by atoms with Crippen LogP contribution in [0.5, 0.6) is 5.75 Å². The Hall–Kier alpha value is -2.62. The second kappa shape index (κ2) is 8.17. The van der Waals surface area contributed by atoms with Crippen LogP contribution in [0.3, 0.4) is 0 Å². The number of carbonyl (C=O) groups excluding carboxylic acids is 1. The van der Waals surface area contributed by atoms with Gasteiger partial charge in [-0.05, 0) is 54.8 Å². The first-order chi connectivity index (χ1) is 12.5. The molecule has 0 radical (unpaired) electrons. The number of carbonyl (C=O) groups is 1. The number of aryl methyl sites for hydroxylation is 2. The number of hydrogen-bond donors (Lipinski definition) is 0. The molecule has 0 spiro atoms. The van der Waals surface area contributed by atoms with Crippen molar-refractivity contribution in [2.75, 3.05) is 13.1 Å². The van der Waals surface area contributed by atoms with Crippen molar-refractivity contribution in [1.29, 1.82) is 0 Å². The summed E-state index contributed by atoms with van der Waals surface area (Å²) < 4.78 is 19.3. The van der Waals surface area contributed by atoms with Gasteiger partial charge in [0.15, 0.2) is 0 Å². The smallest absolute Gasteiger partial charge is 0.246 e. The van der Waals surface area contributed by atoms with Gasteiger partial charge in [0, 0.05) is 32.0 Å². The lowest BCUT2D eigenvalue weighted by atomic mass is 10.1. The zero-order valence-electron chi connectivity index (χ0n) is 15.2. The van der Waals surface area contributed by atoms with Crippen molar-refractivity contribution in [2.45, 2.75) is 32.8 Å². The first-order valence-corrected chi connectivity index (χ1v) is 8.98. The fraction of sp³-hybridized carbons (Fsp3) is 0.318. The van der Waals surface area contributed by atoms with E-state index >= 15 is 0 Å². The van der Waals surface area contributed by atoms with Gasteiger partial charge < -0.3 is 9.64 Å². The minimum atomic E-state index is -0.302. The van der Waals surface area contributed by atoms with E-state index in [1.54, 1.807) is 18.2 Å². The maximum absolute atomic E-state index is 13.2. The largest absolute Gasteiger partial charge is 0.490 e. The van der Waals surface area contributed by atoms with E-state index in [9.17, 15) is 9.18 Å². The fourth-order valence-electron chi connectivity index (χ4n) is 3.09. The first-order valence-electron chi connectivity index (χ1n) is 8.98. The molecule has 0 aliphatic carbocycles. The van der Waals surface area contributed by atoms with E-state index in [0.29, 0.717) is 18.7 Å². The molecule has 1 aliphatic rings. The number of benzene rings is 2. The number of ether oxygens (including phenoxy) is 1. The molecule has 2 aromatic carbocycles. The summed E-state index contributed by atoms with van der Waals surface area (Å²) in [7, 11) is 0. The van der Waals surface area contributed by atoms with Crippen LogP contribution in [0, 0.1) is 19.7 Å². The summed E-state index contributed by atoms with van der Waals surface area (Å²) >= 11 is 0. The summed E-state index contributed by atoms with van der Waals surface area (Å²) in [4.78, 5) is 14.1. The number of likely N-dealkylation sites (tertiary alicyclic amines) is 1. The minimum absolute atomic E-state index is 0.0422. The van der Waals surface area contributed by atoms with Crippen LogP contribution in [0.1, 0.15) is 29.5 Å². The summed E-state index contributed by atoms with van der Waals surface area (Å²) in [6.07, 6.45) is 4.93. The fourth-order valence-corrected chi connectivity index (χ4v) is 3.09. The molecule has 1 heterocycles. The number of nitrogens with zero attached hydrogens (tertiary/aromatic N) is 1. The van der Waals surface area contributed by atoms with Crippen LogP contribution >= 0.6 is 0 Å². The highest BCUT2D eigenvalue weighted by atomic mass is 19.1. The van der Waals surface area contributed by atoms with Gasteiger partial charge in [-0.25, -0.2) is 4.39 Å². The van der Waals surface area contributed by atoms with Crippen LogP contribution in [-0.4, -0.2) is 30.0 Å². The standard InChI is InChI=1S/C22H24FNO2/c1-16-6-7-17(2)21(14-16)26-20-10-12-24(13-11-20)22(25)9-8-18-4-3-5-19(23)15-18/h3-9,14-15,20H,10-13H2,1-2H3. The highest BCUT2D eigenvalue weighted by Crippen LogP contribution is 2.24. The monoisotopic (exact) mass is 353 g/mol. The molecule has 0 bridgehead atoms. The van der Waals surface area contributed by atoms with Crippen molar-refractivity contribution < 1.29 is 13.9 Å². The van der Waals surface area contributed by atoms with Gasteiger partial charge in [0.1, 0.15) is 17.7 Å². The second-order valence-electron chi connectivity index (χ2n) is 6.80. The van der Waals surface area contributed by atoms with Crippen molar-refractivity contribution in [1.82, 2.24) is 4.90 Å². The van der Waals surface area contributed by atoms with Crippen molar-refractivity contribution >= 4 is 12.0 Å². The topological polar surface area (TPSA) is 29.5 Å². The molecule has 0 aromatic heterocycles. The number of amides is 1. The van der Waals surface area contributed by atoms with Gasteiger partial charge in [0.2, 0.25) is 5.91 Å². The molecule has 26 heavy (non-hydrogen) atoms. The van der Waals surface area contributed by atoms with Gasteiger partial charge in [-0.2, -0.15) is 0 Å². The molecule has 0 N–H and O–H groups in total. The Balaban J connectivity index is 1.53. The molecule has 2 aromatic rings. The molecule has 0 atom stereocenters. The Kier molecular flexibility index (Phi) is 5.71. The molecule has 4 heteroatoms. The lowest BCUT2D eigenvalue weighted by Crippen LogP contribution is -2.41. The molecular weight excluding hydrogens is 329 g/mol. The third kappa shape index (κ3) is 4.72. The molecule has 0 unspecified atom stereocenters. The molecule has 3 rings (SSSR count). The zero-order valence-corrected chi connectivity index (χ0v) is 15.2. The lowest BCUT2D eigenvalue weighted by molar-refractivity contribution is -0.127. The van der Waals surface area contributed by atoms with Crippen LogP contribution in [0.4, 0.5) is 4.39 Å². The van der Waals surface area contributed by atoms with E-state index in [4.69, 9.17) is 4.74 Å². The summed E-state index contributed by atoms with van der Waals surface area (Å²) in [6, 6.07) is 12.4. The highest BCUT2D eigenvalue weighted by Gasteiger charge is 2.23. The Morgan fingerprint density at radius 3 is 2.65 bits per heavy atom. The summed E-state index contributed by atoms with van der Waals surface area (Å²) in [5, 5.41) is 0. The molecular formula is C22H24FNO2. The van der Waals surface area contributed by atoms with Gasteiger partial charge in [-0.3, -0.25) is 4.79 Å². The molecule has 0 saturated carbocycles. The molecule has 3 nitrogen and oxygen atoms in total. The first kappa shape index (κ1) is 18.2. The highest BCUT2D eigenvalue weighted by molar-refractivity contribution is 5.91. The number of halogens is 1. The van der Waals surface area contributed by atoms with Crippen molar-refractivity contribution in [3.05, 3.63) is 71.0 Å². The Morgan fingerprint density at radius 2 is 1.92 bits per heavy atom. The average Bonchev–Trinajstić information content (AvgIpc) is 2.63. The third-order valence-corrected chi connectivity index (χ3v) is 4.66. The predicted octanol–water partition coefficient (Wildman–Crippen LogP) is 4.53. The predicted molar refractivity (Wildman–Crippen MR) is 102 cm³/mol. The quantitative estimate of drug-likeness (QED) is 0.756. The van der Waals surface area contributed by atoms with Gasteiger partial charge >= 0.3 is 0 Å². The Bertz CT molecular complexity index is 808. The lowest BCUT2D eigenvalue weighted by Gasteiger charge is -2.32. The van der Waals surface area contributed by atoms with E-state index < -0.39 is 0 Å². The minimum Gasteiger partial charge on any atom is -0.490 e. The normalized spacial score (nSPS) is 15.4. The van der Waals surface area contributed by atoms with Crippen molar-refractivity contribution in [2.24, 2.45) is 0 Å². The molecule has 136 valence electrons. The van der Waals surface area contributed by atoms with E-state index in [0.717, 1.165) is 24.2 Å². The van der Waals surface area contributed by atoms with E-state index in [-0.39, 0.29) is 17.8 Å². The Labute approximate surface area is 154 Å². The number of rotatable bonds is 4. The van der Waals surface area contributed by atoms with E-state index in [1.165, 1.54) is 23.8 Å². The average molecular weight is 353 g/mol.